The van der Waals surface area contributed by atoms with Crippen LogP contribution in [0, 0.1) is 5.82 Å². The zero-order chi connectivity index (χ0) is 24.3. The summed E-state index contributed by atoms with van der Waals surface area (Å²) < 4.78 is 13.5. The summed E-state index contributed by atoms with van der Waals surface area (Å²) in [6.45, 7) is 13.0. The number of halogens is 1. The summed E-state index contributed by atoms with van der Waals surface area (Å²) >= 11 is 0. The fourth-order valence-electron chi connectivity index (χ4n) is 5.41. The molecule has 0 spiro atoms. The van der Waals surface area contributed by atoms with Crippen LogP contribution in [0.5, 0.6) is 0 Å². The largest absolute Gasteiger partial charge is 0.382 e. The van der Waals surface area contributed by atoms with Crippen LogP contribution < -0.4 is 10.6 Å². The summed E-state index contributed by atoms with van der Waals surface area (Å²) in [7, 11) is 0. The normalized spacial score (nSPS) is 22.6. The van der Waals surface area contributed by atoms with Crippen LogP contribution in [0.3, 0.4) is 0 Å². The highest BCUT2D eigenvalue weighted by molar-refractivity contribution is 5.87. The number of nitrogens with zero attached hydrogens (tertiary/aromatic N) is 2. The molecule has 6 heteroatoms. The number of piperidine rings is 1. The van der Waals surface area contributed by atoms with Gasteiger partial charge in [-0.15, -0.1) is 0 Å². The maximum absolute atomic E-state index is 13.5. The van der Waals surface area contributed by atoms with Crippen LogP contribution in [0.25, 0.3) is 0 Å². The van der Waals surface area contributed by atoms with E-state index in [1.54, 1.807) is 6.07 Å². The first-order chi connectivity index (χ1) is 16.2. The van der Waals surface area contributed by atoms with Gasteiger partial charge in [0.25, 0.3) is 0 Å². The van der Waals surface area contributed by atoms with Gasteiger partial charge in [0.2, 0.25) is 5.91 Å². The van der Waals surface area contributed by atoms with Crippen LogP contribution in [-0.4, -0.2) is 60.0 Å². The smallest absolute Gasteiger partial charge is 0.232 e. The van der Waals surface area contributed by atoms with Crippen molar-refractivity contribution in [3.8, 4) is 0 Å². The number of anilines is 1. The molecule has 0 saturated carbocycles. The van der Waals surface area contributed by atoms with E-state index in [0.29, 0.717) is 25.2 Å². The Morgan fingerprint density at radius 3 is 2.32 bits per heavy atom. The number of carbonyl (C=O) groups is 1. The van der Waals surface area contributed by atoms with Crippen molar-refractivity contribution in [3.63, 3.8) is 0 Å². The quantitative estimate of drug-likeness (QED) is 0.663. The minimum Gasteiger partial charge on any atom is -0.382 e. The molecule has 0 radical (unpaired) electrons. The van der Waals surface area contributed by atoms with Crippen molar-refractivity contribution in [3.05, 3.63) is 65.5 Å². The highest BCUT2D eigenvalue weighted by Crippen LogP contribution is 2.28. The predicted molar refractivity (Wildman–Crippen MR) is 136 cm³/mol. The molecular weight excluding hydrogens is 427 g/mol. The number of amides is 1. The highest BCUT2D eigenvalue weighted by Gasteiger charge is 2.35. The zero-order valence-electron chi connectivity index (χ0n) is 21.0. The molecule has 2 aromatic rings. The summed E-state index contributed by atoms with van der Waals surface area (Å²) in [4.78, 5) is 17.9. The van der Waals surface area contributed by atoms with Gasteiger partial charge >= 0.3 is 0 Å². The van der Waals surface area contributed by atoms with E-state index in [1.807, 2.05) is 24.8 Å². The Bertz CT molecular complexity index is 959. The van der Waals surface area contributed by atoms with E-state index >= 15 is 0 Å². The Morgan fingerprint density at radius 2 is 1.71 bits per heavy atom. The number of nitrogens with one attached hydrogen (secondary N) is 2. The number of piperazine rings is 1. The number of carbonyl (C=O) groups excluding carboxylic acids is 1. The molecule has 2 fully saturated rings. The Labute approximate surface area is 203 Å². The average molecular weight is 467 g/mol. The summed E-state index contributed by atoms with van der Waals surface area (Å²) in [5.41, 5.74) is 2.58. The first kappa shape index (κ1) is 24.7. The standard InChI is InChI=1S/C28H39FN4O/c1-20-17-32(18-21(2)30-20)19-22-8-10-23(11-9-22)28(3,4)27(34)33-14-12-25(13-15-33)31-26-7-5-6-24(29)16-26/h5-11,16,20-21,25,30-31H,12-15,17-19H2,1-4H3/t20-,21+. The summed E-state index contributed by atoms with van der Waals surface area (Å²) in [5, 5.41) is 6.99. The van der Waals surface area contributed by atoms with Crippen molar-refractivity contribution in [2.24, 2.45) is 0 Å². The Morgan fingerprint density at radius 1 is 1.06 bits per heavy atom. The summed E-state index contributed by atoms with van der Waals surface area (Å²) in [6, 6.07) is 16.4. The van der Waals surface area contributed by atoms with Crippen LogP contribution >= 0.6 is 0 Å². The number of benzene rings is 2. The molecule has 0 unspecified atom stereocenters. The van der Waals surface area contributed by atoms with Gasteiger partial charge in [-0.2, -0.15) is 0 Å². The van der Waals surface area contributed by atoms with E-state index < -0.39 is 5.41 Å². The number of hydrogen-bond acceptors (Lipinski definition) is 4. The highest BCUT2D eigenvalue weighted by atomic mass is 19.1. The predicted octanol–water partition coefficient (Wildman–Crippen LogP) is 4.39. The average Bonchev–Trinajstić information content (AvgIpc) is 2.79. The van der Waals surface area contributed by atoms with E-state index in [2.05, 4.69) is 53.6 Å². The molecule has 34 heavy (non-hydrogen) atoms. The number of likely N-dealkylation sites (tertiary alicyclic amines) is 1. The van der Waals surface area contributed by atoms with E-state index in [4.69, 9.17) is 0 Å². The molecule has 0 bridgehead atoms. The molecule has 2 aromatic carbocycles. The molecule has 5 nitrogen and oxygen atoms in total. The zero-order valence-corrected chi connectivity index (χ0v) is 21.0. The molecule has 2 heterocycles. The molecule has 1 amide bonds. The van der Waals surface area contributed by atoms with Crippen LogP contribution in [0.15, 0.2) is 48.5 Å². The molecule has 4 rings (SSSR count). The minimum atomic E-state index is -0.570. The maximum Gasteiger partial charge on any atom is 0.232 e. The monoisotopic (exact) mass is 466 g/mol. The molecule has 2 aliphatic rings. The van der Waals surface area contributed by atoms with Crippen molar-refractivity contribution in [1.82, 2.24) is 15.1 Å². The van der Waals surface area contributed by atoms with E-state index in [9.17, 15) is 9.18 Å². The van der Waals surface area contributed by atoms with Gasteiger partial charge in [0.15, 0.2) is 0 Å². The fourth-order valence-corrected chi connectivity index (χ4v) is 5.41. The molecular formula is C28H39FN4O. The fraction of sp³-hybridized carbons (Fsp3) is 0.536. The van der Waals surface area contributed by atoms with Crippen LogP contribution in [0.4, 0.5) is 10.1 Å². The Balaban J connectivity index is 1.32. The van der Waals surface area contributed by atoms with E-state index in [1.165, 1.54) is 17.7 Å². The first-order valence-corrected chi connectivity index (χ1v) is 12.6. The third-order valence-corrected chi connectivity index (χ3v) is 7.23. The van der Waals surface area contributed by atoms with E-state index in [-0.39, 0.29) is 17.8 Å². The van der Waals surface area contributed by atoms with Gasteiger partial charge in [0, 0.05) is 56.5 Å². The van der Waals surface area contributed by atoms with Gasteiger partial charge in [0.1, 0.15) is 5.82 Å². The van der Waals surface area contributed by atoms with Crippen molar-refractivity contribution < 1.29 is 9.18 Å². The maximum atomic E-state index is 13.5. The number of hydrogen-bond donors (Lipinski definition) is 2. The lowest BCUT2D eigenvalue weighted by atomic mass is 9.82. The van der Waals surface area contributed by atoms with Gasteiger partial charge in [-0.3, -0.25) is 9.69 Å². The first-order valence-electron chi connectivity index (χ1n) is 12.6. The number of rotatable bonds is 6. The van der Waals surface area contributed by atoms with Gasteiger partial charge in [-0.25, -0.2) is 4.39 Å². The molecule has 2 aliphatic heterocycles. The van der Waals surface area contributed by atoms with Crippen LogP contribution in [0.2, 0.25) is 0 Å². The second kappa shape index (κ2) is 10.4. The second-order valence-corrected chi connectivity index (χ2v) is 10.7. The summed E-state index contributed by atoms with van der Waals surface area (Å²) in [5.74, 6) is -0.0587. The molecule has 2 saturated heterocycles. The lowest BCUT2D eigenvalue weighted by molar-refractivity contribution is -0.137. The van der Waals surface area contributed by atoms with Gasteiger partial charge in [0.05, 0.1) is 5.41 Å². The lowest BCUT2D eigenvalue weighted by Crippen LogP contribution is -2.53. The molecule has 184 valence electrons. The SMILES string of the molecule is C[C@@H]1CN(Cc2ccc(C(C)(C)C(=O)N3CCC(Nc4cccc(F)c4)CC3)cc2)C[C@H](C)N1. The Hall–Kier alpha value is -2.44. The van der Waals surface area contributed by atoms with Crippen LogP contribution in [-0.2, 0) is 16.8 Å². The van der Waals surface area contributed by atoms with Crippen molar-refractivity contribution in [2.45, 2.75) is 70.6 Å². The molecule has 2 atom stereocenters. The van der Waals surface area contributed by atoms with Crippen LogP contribution in [0.1, 0.15) is 51.7 Å². The van der Waals surface area contributed by atoms with Gasteiger partial charge in [-0.05, 0) is 69.9 Å². The molecule has 0 aromatic heterocycles. The van der Waals surface area contributed by atoms with E-state index in [0.717, 1.165) is 43.7 Å². The minimum absolute atomic E-state index is 0.175. The third-order valence-electron chi connectivity index (χ3n) is 7.23. The summed E-state index contributed by atoms with van der Waals surface area (Å²) in [6.07, 6.45) is 1.72. The second-order valence-electron chi connectivity index (χ2n) is 10.7. The lowest BCUT2D eigenvalue weighted by Gasteiger charge is -2.38. The van der Waals surface area contributed by atoms with Crippen molar-refractivity contribution in [1.29, 1.82) is 0 Å². The Kier molecular flexibility index (Phi) is 7.58. The molecule has 0 aliphatic carbocycles. The van der Waals surface area contributed by atoms with Crippen molar-refractivity contribution in [2.75, 3.05) is 31.5 Å². The van der Waals surface area contributed by atoms with Gasteiger partial charge in [-0.1, -0.05) is 30.3 Å². The van der Waals surface area contributed by atoms with Gasteiger partial charge < -0.3 is 15.5 Å². The molecule has 2 N–H and O–H groups in total. The third kappa shape index (κ3) is 5.97. The topological polar surface area (TPSA) is 47.6 Å². The van der Waals surface area contributed by atoms with Crippen molar-refractivity contribution >= 4 is 11.6 Å².